The lowest BCUT2D eigenvalue weighted by Gasteiger charge is -2.36. The van der Waals surface area contributed by atoms with Gasteiger partial charge in [0.25, 0.3) is 5.91 Å². The topological polar surface area (TPSA) is 88.4 Å². The first-order valence-electron chi connectivity index (χ1n) is 5.93. The van der Waals surface area contributed by atoms with Crippen LogP contribution >= 0.6 is 0 Å². The normalized spacial score (nSPS) is 24.0. The molecule has 0 aromatic carbocycles. The van der Waals surface area contributed by atoms with Crippen LogP contribution in [0, 0.1) is 0 Å². The zero-order valence-corrected chi connectivity index (χ0v) is 10.3. The molecule has 1 aliphatic rings. The number of rotatable bonds is 2. The highest BCUT2D eigenvalue weighted by Gasteiger charge is 2.29. The predicted molar refractivity (Wildman–Crippen MR) is 66.4 cm³/mol. The summed E-state index contributed by atoms with van der Waals surface area (Å²) in [5, 5.41) is 0. The number of ether oxygens (including phenoxy) is 1. The first-order valence-corrected chi connectivity index (χ1v) is 5.93. The van der Waals surface area contributed by atoms with E-state index in [9.17, 15) is 9.59 Å². The molecule has 6 nitrogen and oxygen atoms in total. The molecule has 0 spiro atoms. The van der Waals surface area contributed by atoms with Gasteiger partial charge in [0.1, 0.15) is 5.56 Å². The van der Waals surface area contributed by atoms with E-state index in [2.05, 4.69) is 4.98 Å². The second-order valence-corrected chi connectivity index (χ2v) is 4.44. The summed E-state index contributed by atoms with van der Waals surface area (Å²) >= 11 is 0. The van der Waals surface area contributed by atoms with Gasteiger partial charge in [-0.15, -0.1) is 0 Å². The largest absolute Gasteiger partial charge is 0.370 e. The van der Waals surface area contributed by atoms with E-state index < -0.39 is 0 Å². The van der Waals surface area contributed by atoms with Gasteiger partial charge in [-0.05, 0) is 6.92 Å². The summed E-state index contributed by atoms with van der Waals surface area (Å²) in [7, 11) is 0. The van der Waals surface area contributed by atoms with E-state index in [-0.39, 0.29) is 29.1 Å². The van der Waals surface area contributed by atoms with Crippen LogP contribution in [0.25, 0.3) is 0 Å². The number of hydrogen-bond acceptors (Lipinski definition) is 4. The quantitative estimate of drug-likeness (QED) is 0.746. The summed E-state index contributed by atoms with van der Waals surface area (Å²) in [4.78, 5) is 28.2. The molecule has 2 atom stereocenters. The van der Waals surface area contributed by atoms with Crippen molar-refractivity contribution in [2.24, 2.45) is 5.73 Å². The minimum absolute atomic E-state index is 0.0703. The van der Waals surface area contributed by atoms with Crippen molar-refractivity contribution in [2.45, 2.75) is 19.1 Å². The summed E-state index contributed by atoms with van der Waals surface area (Å²) in [6.45, 7) is 3.15. The number of pyridine rings is 1. The fraction of sp³-hybridized carbons (Fsp3) is 0.500. The third-order valence-corrected chi connectivity index (χ3v) is 2.93. The highest BCUT2D eigenvalue weighted by atomic mass is 16.5. The molecule has 1 aliphatic heterocycles. The third-order valence-electron chi connectivity index (χ3n) is 2.93. The Morgan fingerprint density at radius 1 is 1.61 bits per heavy atom. The lowest BCUT2D eigenvalue weighted by molar-refractivity contribution is -0.0626. The lowest BCUT2D eigenvalue weighted by atomic mass is 10.1. The van der Waals surface area contributed by atoms with E-state index in [0.29, 0.717) is 19.6 Å². The number of nitrogens with one attached hydrogen (secondary N) is 1. The van der Waals surface area contributed by atoms with Gasteiger partial charge in [-0.1, -0.05) is 0 Å². The maximum atomic E-state index is 12.2. The van der Waals surface area contributed by atoms with E-state index in [0.717, 1.165) is 0 Å². The van der Waals surface area contributed by atoms with Crippen molar-refractivity contribution in [1.29, 1.82) is 0 Å². The molecule has 1 saturated heterocycles. The Morgan fingerprint density at radius 3 is 3.06 bits per heavy atom. The van der Waals surface area contributed by atoms with Crippen LogP contribution in [-0.4, -0.2) is 47.6 Å². The molecule has 2 heterocycles. The van der Waals surface area contributed by atoms with E-state index in [4.69, 9.17) is 10.5 Å². The molecule has 0 bridgehead atoms. The minimum atomic E-state index is -0.276. The number of aromatic nitrogens is 1. The highest BCUT2D eigenvalue weighted by molar-refractivity contribution is 5.93. The van der Waals surface area contributed by atoms with Crippen LogP contribution in [-0.2, 0) is 4.74 Å². The van der Waals surface area contributed by atoms with Crippen molar-refractivity contribution >= 4 is 5.91 Å². The van der Waals surface area contributed by atoms with Gasteiger partial charge in [0, 0.05) is 38.1 Å². The average Bonchev–Trinajstić information content (AvgIpc) is 2.37. The molecule has 6 heteroatoms. The number of morpholine rings is 1. The monoisotopic (exact) mass is 251 g/mol. The second kappa shape index (κ2) is 5.32. The standard InChI is InChI=1S/C12H17N3O3/c1-8-6-15(7-9(4-13)18-8)12(17)10-5-14-3-2-11(10)16/h2-3,5,8-9H,4,6-7,13H2,1H3,(H,14,16). The van der Waals surface area contributed by atoms with Gasteiger partial charge in [0.2, 0.25) is 0 Å². The van der Waals surface area contributed by atoms with E-state index >= 15 is 0 Å². The molecule has 98 valence electrons. The second-order valence-electron chi connectivity index (χ2n) is 4.44. The van der Waals surface area contributed by atoms with Gasteiger partial charge in [0.15, 0.2) is 5.43 Å². The maximum absolute atomic E-state index is 12.2. The summed E-state index contributed by atoms with van der Waals surface area (Å²) < 4.78 is 5.58. The van der Waals surface area contributed by atoms with Crippen LogP contribution in [0.4, 0.5) is 0 Å². The van der Waals surface area contributed by atoms with Crippen molar-refractivity contribution in [1.82, 2.24) is 9.88 Å². The number of hydrogen-bond donors (Lipinski definition) is 2. The summed E-state index contributed by atoms with van der Waals surface area (Å²) in [5.74, 6) is -0.273. The molecule has 2 rings (SSSR count). The van der Waals surface area contributed by atoms with Crippen molar-refractivity contribution in [2.75, 3.05) is 19.6 Å². The van der Waals surface area contributed by atoms with Gasteiger partial charge in [-0.25, -0.2) is 0 Å². The fourth-order valence-electron chi connectivity index (χ4n) is 2.09. The molecule has 0 radical (unpaired) electrons. The SMILES string of the molecule is CC1CN(C(=O)c2c[nH]ccc2=O)CC(CN)O1. The molecular formula is C12H17N3O3. The number of carbonyl (C=O) groups excluding carboxylic acids is 1. The Morgan fingerprint density at radius 2 is 2.39 bits per heavy atom. The molecule has 3 N–H and O–H groups in total. The number of aromatic amines is 1. The van der Waals surface area contributed by atoms with Gasteiger partial charge in [-0.3, -0.25) is 9.59 Å². The summed E-state index contributed by atoms with van der Waals surface area (Å²) in [6.07, 6.45) is 2.70. The fourth-order valence-corrected chi connectivity index (χ4v) is 2.09. The molecule has 0 saturated carbocycles. The van der Waals surface area contributed by atoms with Crippen LogP contribution in [0.5, 0.6) is 0 Å². The van der Waals surface area contributed by atoms with Gasteiger partial charge >= 0.3 is 0 Å². The number of nitrogens with zero attached hydrogens (tertiary/aromatic N) is 1. The Hall–Kier alpha value is -1.66. The van der Waals surface area contributed by atoms with Crippen molar-refractivity contribution in [3.05, 3.63) is 34.2 Å². The lowest BCUT2D eigenvalue weighted by Crippen LogP contribution is -2.52. The number of amides is 1. The Kier molecular flexibility index (Phi) is 3.78. The minimum Gasteiger partial charge on any atom is -0.370 e. The van der Waals surface area contributed by atoms with Crippen molar-refractivity contribution in [3.63, 3.8) is 0 Å². The smallest absolute Gasteiger partial charge is 0.259 e. The van der Waals surface area contributed by atoms with Crippen LogP contribution in [0.3, 0.4) is 0 Å². The summed E-state index contributed by atoms with van der Waals surface area (Å²) in [5.41, 5.74) is 5.44. The summed E-state index contributed by atoms with van der Waals surface area (Å²) in [6, 6.07) is 1.34. The van der Waals surface area contributed by atoms with Crippen LogP contribution in [0.15, 0.2) is 23.3 Å². The highest BCUT2D eigenvalue weighted by Crippen LogP contribution is 2.12. The number of H-pyrrole nitrogens is 1. The first-order chi connectivity index (χ1) is 8.61. The Bertz CT molecular complexity index is 485. The van der Waals surface area contributed by atoms with Gasteiger partial charge in [-0.2, -0.15) is 0 Å². The molecule has 1 aromatic rings. The van der Waals surface area contributed by atoms with Crippen LogP contribution in [0.2, 0.25) is 0 Å². The van der Waals surface area contributed by atoms with E-state index in [1.165, 1.54) is 18.5 Å². The Balaban J connectivity index is 2.18. The third kappa shape index (κ3) is 2.60. The average molecular weight is 251 g/mol. The van der Waals surface area contributed by atoms with E-state index in [1.54, 1.807) is 4.90 Å². The van der Waals surface area contributed by atoms with Crippen LogP contribution in [0.1, 0.15) is 17.3 Å². The molecule has 2 unspecified atom stereocenters. The van der Waals surface area contributed by atoms with Gasteiger partial charge in [0.05, 0.1) is 12.2 Å². The molecule has 1 aromatic heterocycles. The molecule has 1 amide bonds. The van der Waals surface area contributed by atoms with E-state index in [1.807, 2.05) is 6.92 Å². The van der Waals surface area contributed by atoms with Crippen molar-refractivity contribution < 1.29 is 9.53 Å². The molecule has 1 fully saturated rings. The maximum Gasteiger partial charge on any atom is 0.259 e. The van der Waals surface area contributed by atoms with Gasteiger partial charge < -0.3 is 20.4 Å². The predicted octanol–water partition coefficient (Wildman–Crippen LogP) is -0.437. The molecule has 18 heavy (non-hydrogen) atoms. The Labute approximate surface area is 105 Å². The zero-order chi connectivity index (χ0) is 13.1. The van der Waals surface area contributed by atoms with Crippen molar-refractivity contribution in [3.8, 4) is 0 Å². The number of carbonyl (C=O) groups is 1. The first kappa shape index (κ1) is 12.8. The zero-order valence-electron chi connectivity index (χ0n) is 10.3. The number of nitrogens with two attached hydrogens (primary N) is 1. The molecule has 0 aliphatic carbocycles. The van der Waals surface area contributed by atoms with Crippen LogP contribution < -0.4 is 11.2 Å². The molecular weight excluding hydrogens is 234 g/mol.